The molecule has 1 N–H and O–H groups in total. The Morgan fingerprint density at radius 1 is 0.588 bits per heavy atom. The Kier molecular flexibility index (Phi) is 21.2. The van der Waals surface area contributed by atoms with Gasteiger partial charge in [-0.2, -0.15) is 0 Å². The summed E-state index contributed by atoms with van der Waals surface area (Å²) in [7, 11) is 1.52. The molecule has 0 fully saturated rings. The Bertz CT molecular complexity index is 1570. The molecule has 0 aliphatic carbocycles. The van der Waals surface area contributed by atoms with Gasteiger partial charge in [0.25, 0.3) is 0 Å². The first-order valence-corrected chi connectivity index (χ1v) is 15.9. The second-order valence-electron chi connectivity index (χ2n) is 10.4. The molecule has 0 amide bonds. The number of esters is 3. The van der Waals surface area contributed by atoms with Crippen LogP contribution in [0.25, 0.3) is 0 Å². The number of benzene rings is 3. The molecule has 0 aliphatic heterocycles. The molecular formula is C42H48O9. The average molecular weight is 697 g/mol. The van der Waals surface area contributed by atoms with E-state index in [4.69, 9.17) is 23.7 Å². The van der Waals surface area contributed by atoms with Crippen molar-refractivity contribution in [2.75, 3.05) is 33.7 Å². The lowest BCUT2D eigenvalue weighted by Crippen LogP contribution is -2.12. The summed E-state index contributed by atoms with van der Waals surface area (Å²) in [5.74, 6) is -0.920. The Balaban J connectivity index is 0.000000385. The highest BCUT2D eigenvalue weighted by molar-refractivity contribution is 5.95. The standard InChI is InChI=1S/C15H18O4.C14H16O2.C13H14O3/c1-4-7-12-8-6-9-13(19-11-17-3)14(12)15(16)18-10-5-2;1-4-7-12-9-6-8-11(3)13(12)14(15)16-10-5-2;1-3-6-10-7-5-8-11(14)12(10)13(15)16-9-4-2/h4-6,8-9H,1-2,7,10-11H2,3H3;4-6,8-9H,1-2,7,10H2,3H3;3-5,7-8,14H,1-2,6,9H2. The second-order valence-corrected chi connectivity index (χ2v) is 10.4. The first-order valence-electron chi connectivity index (χ1n) is 15.9. The summed E-state index contributed by atoms with van der Waals surface area (Å²) in [6, 6.07) is 16.0. The SMILES string of the molecule is C=CCOC(=O)c1c(C)cccc1CC=C.C=CCOC(=O)c1c(CC=C)cccc1OCOC.C=CCOC(=O)c1c(O)cccc1CC=C. The minimum atomic E-state index is -0.546. The number of allylic oxidation sites excluding steroid dienone is 3. The van der Waals surface area contributed by atoms with Gasteiger partial charge >= 0.3 is 17.9 Å². The van der Waals surface area contributed by atoms with E-state index >= 15 is 0 Å². The largest absolute Gasteiger partial charge is 0.507 e. The highest BCUT2D eigenvalue weighted by atomic mass is 16.7. The highest BCUT2D eigenvalue weighted by Crippen LogP contribution is 2.25. The van der Waals surface area contributed by atoms with Crippen LogP contribution in [0.1, 0.15) is 53.3 Å². The van der Waals surface area contributed by atoms with Crippen molar-refractivity contribution in [1.29, 1.82) is 0 Å². The number of aryl methyl sites for hydroxylation is 1. The van der Waals surface area contributed by atoms with Crippen molar-refractivity contribution < 1.29 is 43.2 Å². The van der Waals surface area contributed by atoms with Gasteiger partial charge in [0.05, 0.1) is 5.56 Å². The third kappa shape index (κ3) is 14.6. The van der Waals surface area contributed by atoms with Crippen LogP contribution >= 0.6 is 0 Å². The van der Waals surface area contributed by atoms with Gasteiger partial charge in [-0.25, -0.2) is 14.4 Å². The fourth-order valence-corrected chi connectivity index (χ4v) is 4.49. The molecule has 0 heterocycles. The number of phenolic OH excluding ortho intramolecular Hbond substituents is 1. The van der Waals surface area contributed by atoms with E-state index < -0.39 is 11.9 Å². The van der Waals surface area contributed by atoms with Crippen LogP contribution in [0, 0.1) is 6.92 Å². The molecule has 0 spiro atoms. The molecule has 0 unspecified atom stereocenters. The van der Waals surface area contributed by atoms with E-state index in [-0.39, 0.29) is 43.9 Å². The zero-order valence-electron chi connectivity index (χ0n) is 29.6. The third-order valence-corrected chi connectivity index (χ3v) is 6.63. The van der Waals surface area contributed by atoms with Crippen molar-refractivity contribution in [1.82, 2.24) is 0 Å². The lowest BCUT2D eigenvalue weighted by Gasteiger charge is -2.13. The van der Waals surface area contributed by atoms with Crippen LogP contribution in [0.4, 0.5) is 0 Å². The number of hydrogen-bond donors (Lipinski definition) is 1. The smallest absolute Gasteiger partial charge is 0.342 e. The molecule has 0 radical (unpaired) electrons. The summed E-state index contributed by atoms with van der Waals surface area (Å²) in [6.45, 7) is 23.9. The summed E-state index contributed by atoms with van der Waals surface area (Å²) in [5.41, 5.74) is 4.62. The van der Waals surface area contributed by atoms with Gasteiger partial charge in [0, 0.05) is 7.11 Å². The first-order chi connectivity index (χ1) is 24.6. The summed E-state index contributed by atoms with van der Waals surface area (Å²) in [5, 5.41) is 9.63. The molecule has 270 valence electrons. The Hall–Kier alpha value is -5.93. The molecule has 0 bridgehead atoms. The van der Waals surface area contributed by atoms with E-state index in [0.717, 1.165) is 16.7 Å². The minimum absolute atomic E-state index is 0.0687. The van der Waals surface area contributed by atoms with Gasteiger partial charge in [-0.15, -0.1) is 19.7 Å². The first kappa shape index (κ1) is 43.1. The molecule has 0 aromatic heterocycles. The molecule has 3 aromatic rings. The third-order valence-electron chi connectivity index (χ3n) is 6.63. The number of rotatable bonds is 18. The Labute approximate surface area is 301 Å². The fraction of sp³-hybridized carbons (Fsp3) is 0.214. The maximum atomic E-state index is 12.1. The molecule has 9 heteroatoms. The van der Waals surface area contributed by atoms with E-state index in [1.54, 1.807) is 42.5 Å². The highest BCUT2D eigenvalue weighted by Gasteiger charge is 2.19. The molecule has 9 nitrogen and oxygen atoms in total. The van der Waals surface area contributed by atoms with Gasteiger partial charge < -0.3 is 28.8 Å². The van der Waals surface area contributed by atoms with Gasteiger partial charge in [-0.1, -0.05) is 98.7 Å². The molecule has 0 aliphatic rings. The monoisotopic (exact) mass is 696 g/mol. The number of carbonyl (C=O) groups excluding carboxylic acids is 3. The zero-order valence-corrected chi connectivity index (χ0v) is 29.6. The van der Waals surface area contributed by atoms with Gasteiger partial charge in [0.2, 0.25) is 0 Å². The Morgan fingerprint density at radius 2 is 1.00 bits per heavy atom. The van der Waals surface area contributed by atoms with E-state index in [0.29, 0.717) is 41.7 Å². The van der Waals surface area contributed by atoms with Crippen LogP contribution in [0.15, 0.2) is 131 Å². The van der Waals surface area contributed by atoms with Crippen molar-refractivity contribution in [3.63, 3.8) is 0 Å². The summed E-state index contributed by atoms with van der Waals surface area (Å²) in [6.07, 6.45) is 11.5. The van der Waals surface area contributed by atoms with E-state index in [1.807, 2.05) is 37.3 Å². The number of ether oxygens (including phenoxy) is 5. The predicted molar refractivity (Wildman–Crippen MR) is 201 cm³/mol. The fourth-order valence-electron chi connectivity index (χ4n) is 4.49. The second kappa shape index (κ2) is 25.1. The Morgan fingerprint density at radius 3 is 1.47 bits per heavy atom. The maximum absolute atomic E-state index is 12.1. The molecule has 3 rings (SSSR count). The van der Waals surface area contributed by atoms with Crippen molar-refractivity contribution in [3.05, 3.63) is 169 Å². The number of hydrogen-bond acceptors (Lipinski definition) is 9. The average Bonchev–Trinajstić information content (AvgIpc) is 3.12. The van der Waals surface area contributed by atoms with Crippen LogP contribution in [0.5, 0.6) is 11.5 Å². The maximum Gasteiger partial charge on any atom is 0.342 e. The zero-order chi connectivity index (χ0) is 38.0. The topological polar surface area (TPSA) is 118 Å². The number of aromatic hydroxyl groups is 1. The van der Waals surface area contributed by atoms with Crippen LogP contribution in [-0.4, -0.2) is 56.7 Å². The van der Waals surface area contributed by atoms with E-state index in [1.165, 1.54) is 25.3 Å². The van der Waals surface area contributed by atoms with Crippen LogP contribution in [-0.2, 0) is 38.2 Å². The van der Waals surface area contributed by atoms with E-state index in [2.05, 4.69) is 39.5 Å². The van der Waals surface area contributed by atoms with Crippen LogP contribution in [0.3, 0.4) is 0 Å². The van der Waals surface area contributed by atoms with Crippen molar-refractivity contribution in [3.8, 4) is 11.5 Å². The van der Waals surface area contributed by atoms with Gasteiger partial charge in [-0.05, 0) is 60.6 Å². The van der Waals surface area contributed by atoms with Crippen molar-refractivity contribution in [2.45, 2.75) is 26.2 Å². The van der Waals surface area contributed by atoms with Gasteiger partial charge in [0.15, 0.2) is 6.79 Å². The molecular weight excluding hydrogens is 648 g/mol. The molecule has 51 heavy (non-hydrogen) atoms. The summed E-state index contributed by atoms with van der Waals surface area (Å²) < 4.78 is 25.3. The summed E-state index contributed by atoms with van der Waals surface area (Å²) >= 11 is 0. The number of phenols is 1. The van der Waals surface area contributed by atoms with Crippen LogP contribution < -0.4 is 4.74 Å². The molecule has 0 saturated heterocycles. The quantitative estimate of drug-likeness (QED) is 0.0607. The summed E-state index contributed by atoms with van der Waals surface area (Å²) in [4.78, 5) is 35.5. The van der Waals surface area contributed by atoms with Crippen LogP contribution in [0.2, 0.25) is 0 Å². The lowest BCUT2D eigenvalue weighted by molar-refractivity contribution is 0.0445. The minimum Gasteiger partial charge on any atom is -0.507 e. The van der Waals surface area contributed by atoms with Crippen molar-refractivity contribution >= 4 is 17.9 Å². The predicted octanol–water partition coefficient (Wildman–Crippen LogP) is 8.27. The van der Waals surface area contributed by atoms with Crippen molar-refractivity contribution in [2.24, 2.45) is 0 Å². The van der Waals surface area contributed by atoms with Gasteiger partial charge in [0.1, 0.15) is 42.4 Å². The number of methoxy groups -OCH3 is 1. The molecule has 0 saturated carbocycles. The molecule has 3 aromatic carbocycles. The number of carbonyl (C=O) groups is 3. The van der Waals surface area contributed by atoms with Gasteiger partial charge in [-0.3, -0.25) is 0 Å². The van der Waals surface area contributed by atoms with E-state index in [9.17, 15) is 19.5 Å². The normalized spacial score (nSPS) is 9.61. The molecule has 0 atom stereocenters. The lowest BCUT2D eigenvalue weighted by atomic mass is 10.00.